The first-order valence-electron chi connectivity index (χ1n) is 8.94. The van der Waals surface area contributed by atoms with Crippen molar-refractivity contribution in [3.05, 3.63) is 29.8 Å². The summed E-state index contributed by atoms with van der Waals surface area (Å²) in [4.78, 5) is 26.1. The highest BCUT2D eigenvalue weighted by molar-refractivity contribution is 8.00. The summed E-state index contributed by atoms with van der Waals surface area (Å²) in [5, 5.41) is 3.56. The zero-order chi connectivity index (χ0) is 17.4. The maximum atomic E-state index is 12.3. The average molecular weight is 349 g/mol. The predicted octanol–water partition coefficient (Wildman–Crippen LogP) is 4.17. The quantitative estimate of drug-likeness (QED) is 0.804. The Balaban J connectivity index is 1.82. The average Bonchev–Trinajstić information content (AvgIpc) is 2.62. The van der Waals surface area contributed by atoms with Crippen LogP contribution in [-0.2, 0) is 4.79 Å². The van der Waals surface area contributed by atoms with E-state index in [-0.39, 0.29) is 11.8 Å². The standard InChI is InChI=1S/C19H28N2O2S/c1-3-21(4-2)19(23)15-10-12-16(13-11-15)20-18(22)14-24-17-8-6-5-7-9-17/h10-13,17H,3-9,14H2,1-2H3,(H,20,22). The van der Waals surface area contributed by atoms with Crippen molar-refractivity contribution >= 4 is 29.3 Å². The van der Waals surface area contributed by atoms with E-state index in [1.807, 2.05) is 13.8 Å². The Kier molecular flexibility index (Phi) is 7.63. The first kappa shape index (κ1) is 18.8. The number of hydrogen-bond acceptors (Lipinski definition) is 3. The van der Waals surface area contributed by atoms with Crippen LogP contribution in [0.1, 0.15) is 56.3 Å². The van der Waals surface area contributed by atoms with Gasteiger partial charge in [0.2, 0.25) is 5.91 Å². The molecule has 1 aliphatic rings. The molecule has 1 aromatic carbocycles. The van der Waals surface area contributed by atoms with E-state index in [0.29, 0.717) is 29.7 Å². The third kappa shape index (κ3) is 5.55. The van der Waals surface area contributed by atoms with Crippen LogP contribution in [0.25, 0.3) is 0 Å². The predicted molar refractivity (Wildman–Crippen MR) is 102 cm³/mol. The lowest BCUT2D eigenvalue weighted by Crippen LogP contribution is -2.30. The van der Waals surface area contributed by atoms with E-state index >= 15 is 0 Å². The largest absolute Gasteiger partial charge is 0.339 e. The summed E-state index contributed by atoms with van der Waals surface area (Å²) in [6, 6.07) is 7.18. The lowest BCUT2D eigenvalue weighted by Gasteiger charge is -2.20. The Morgan fingerprint density at radius 1 is 1.08 bits per heavy atom. The van der Waals surface area contributed by atoms with Crippen molar-refractivity contribution in [3.8, 4) is 0 Å². The van der Waals surface area contributed by atoms with Gasteiger partial charge in [-0.2, -0.15) is 0 Å². The van der Waals surface area contributed by atoms with Crippen LogP contribution in [0, 0.1) is 0 Å². The van der Waals surface area contributed by atoms with Crippen LogP contribution in [0.15, 0.2) is 24.3 Å². The number of nitrogens with one attached hydrogen (secondary N) is 1. The highest BCUT2D eigenvalue weighted by Crippen LogP contribution is 2.28. The monoisotopic (exact) mass is 348 g/mol. The van der Waals surface area contributed by atoms with Gasteiger partial charge in [0.1, 0.15) is 0 Å². The van der Waals surface area contributed by atoms with E-state index in [2.05, 4.69) is 5.32 Å². The molecule has 0 radical (unpaired) electrons. The summed E-state index contributed by atoms with van der Waals surface area (Å²) >= 11 is 1.77. The van der Waals surface area contributed by atoms with Crippen LogP contribution in [0.4, 0.5) is 5.69 Å². The van der Waals surface area contributed by atoms with E-state index in [1.54, 1.807) is 40.9 Å². The maximum Gasteiger partial charge on any atom is 0.253 e. The highest BCUT2D eigenvalue weighted by atomic mass is 32.2. The highest BCUT2D eigenvalue weighted by Gasteiger charge is 2.16. The van der Waals surface area contributed by atoms with Gasteiger partial charge in [-0.25, -0.2) is 0 Å². The number of rotatable bonds is 7. The zero-order valence-corrected chi connectivity index (χ0v) is 15.5. The van der Waals surface area contributed by atoms with Crippen molar-refractivity contribution in [1.82, 2.24) is 4.90 Å². The van der Waals surface area contributed by atoms with Gasteiger partial charge in [-0.05, 0) is 51.0 Å². The number of thioether (sulfide) groups is 1. The number of hydrogen-bond donors (Lipinski definition) is 1. The molecule has 0 spiro atoms. The molecule has 0 bridgehead atoms. The van der Waals surface area contributed by atoms with Crippen LogP contribution >= 0.6 is 11.8 Å². The minimum atomic E-state index is 0.0331. The van der Waals surface area contributed by atoms with Crippen LogP contribution < -0.4 is 5.32 Å². The molecule has 0 aromatic heterocycles. The fraction of sp³-hybridized carbons (Fsp3) is 0.579. The zero-order valence-electron chi connectivity index (χ0n) is 14.7. The summed E-state index contributed by atoms with van der Waals surface area (Å²) in [5.41, 5.74) is 1.41. The second-order valence-electron chi connectivity index (χ2n) is 6.17. The molecule has 0 aliphatic heterocycles. The van der Waals surface area contributed by atoms with E-state index in [4.69, 9.17) is 0 Å². The van der Waals surface area contributed by atoms with Gasteiger partial charge < -0.3 is 10.2 Å². The Morgan fingerprint density at radius 2 is 1.71 bits per heavy atom. The van der Waals surface area contributed by atoms with Crippen molar-refractivity contribution in [2.75, 3.05) is 24.2 Å². The molecule has 0 unspecified atom stereocenters. The van der Waals surface area contributed by atoms with Crippen molar-refractivity contribution in [2.45, 2.75) is 51.2 Å². The van der Waals surface area contributed by atoms with Crippen molar-refractivity contribution in [2.24, 2.45) is 0 Å². The van der Waals surface area contributed by atoms with Gasteiger partial charge in [-0.1, -0.05) is 19.3 Å². The summed E-state index contributed by atoms with van der Waals surface area (Å²) in [7, 11) is 0. The molecule has 0 atom stereocenters. The fourth-order valence-corrected chi connectivity index (χ4v) is 4.14. The second kappa shape index (κ2) is 9.72. The molecule has 132 valence electrons. The molecule has 1 saturated carbocycles. The van der Waals surface area contributed by atoms with E-state index in [9.17, 15) is 9.59 Å². The lowest BCUT2D eigenvalue weighted by molar-refractivity contribution is -0.113. The first-order chi connectivity index (χ1) is 11.6. The number of carbonyl (C=O) groups excluding carboxylic acids is 2. The normalized spacial score (nSPS) is 15.1. The molecule has 24 heavy (non-hydrogen) atoms. The minimum Gasteiger partial charge on any atom is -0.339 e. The smallest absolute Gasteiger partial charge is 0.253 e. The Morgan fingerprint density at radius 3 is 2.29 bits per heavy atom. The van der Waals surface area contributed by atoms with Crippen LogP contribution in [-0.4, -0.2) is 40.8 Å². The van der Waals surface area contributed by atoms with Gasteiger partial charge in [-0.15, -0.1) is 11.8 Å². The SMILES string of the molecule is CCN(CC)C(=O)c1ccc(NC(=O)CSC2CCCCC2)cc1. The molecule has 1 N–H and O–H groups in total. The molecule has 1 fully saturated rings. The Labute approximate surface area is 149 Å². The summed E-state index contributed by atoms with van der Waals surface area (Å²) in [6.45, 7) is 5.35. The third-order valence-electron chi connectivity index (χ3n) is 4.47. The Hall–Kier alpha value is -1.49. The number of anilines is 1. The van der Waals surface area contributed by atoms with Gasteiger partial charge in [0, 0.05) is 29.6 Å². The minimum absolute atomic E-state index is 0.0331. The van der Waals surface area contributed by atoms with Crippen LogP contribution in [0.3, 0.4) is 0 Å². The van der Waals surface area contributed by atoms with Gasteiger partial charge in [0.15, 0.2) is 0 Å². The van der Waals surface area contributed by atoms with Gasteiger partial charge in [0.05, 0.1) is 5.75 Å². The molecule has 1 aromatic rings. The number of nitrogens with zero attached hydrogens (tertiary/aromatic N) is 1. The molecule has 1 aliphatic carbocycles. The van der Waals surface area contributed by atoms with Crippen molar-refractivity contribution in [1.29, 1.82) is 0 Å². The van der Waals surface area contributed by atoms with Gasteiger partial charge in [0.25, 0.3) is 5.91 Å². The molecule has 5 heteroatoms. The molecule has 0 heterocycles. The maximum absolute atomic E-state index is 12.3. The van der Waals surface area contributed by atoms with Crippen LogP contribution in [0.2, 0.25) is 0 Å². The molecule has 4 nitrogen and oxygen atoms in total. The fourth-order valence-electron chi connectivity index (χ4n) is 3.01. The van der Waals surface area contributed by atoms with Gasteiger partial charge in [-0.3, -0.25) is 9.59 Å². The van der Waals surface area contributed by atoms with E-state index in [1.165, 1.54) is 32.1 Å². The first-order valence-corrected chi connectivity index (χ1v) is 9.99. The summed E-state index contributed by atoms with van der Waals surface area (Å²) in [6.07, 6.45) is 6.39. The number of carbonyl (C=O) groups is 2. The number of benzene rings is 1. The summed E-state index contributed by atoms with van der Waals surface area (Å²) in [5.74, 6) is 0.573. The Bertz CT molecular complexity index is 535. The second-order valence-corrected chi connectivity index (χ2v) is 7.46. The van der Waals surface area contributed by atoms with Crippen LogP contribution in [0.5, 0.6) is 0 Å². The van der Waals surface area contributed by atoms with Crippen molar-refractivity contribution < 1.29 is 9.59 Å². The molecule has 0 saturated heterocycles. The molecule has 2 rings (SSSR count). The topological polar surface area (TPSA) is 49.4 Å². The third-order valence-corrected chi connectivity index (χ3v) is 5.84. The van der Waals surface area contributed by atoms with Crippen molar-refractivity contribution in [3.63, 3.8) is 0 Å². The molecule has 2 amide bonds. The van der Waals surface area contributed by atoms with Gasteiger partial charge >= 0.3 is 0 Å². The van der Waals surface area contributed by atoms with E-state index in [0.717, 1.165) is 5.69 Å². The molecular formula is C19H28N2O2S. The van der Waals surface area contributed by atoms with E-state index < -0.39 is 0 Å². The summed E-state index contributed by atoms with van der Waals surface area (Å²) < 4.78 is 0. The lowest BCUT2D eigenvalue weighted by atomic mass is 10.0. The molecular weight excluding hydrogens is 320 g/mol. The number of amides is 2.